The van der Waals surface area contributed by atoms with E-state index in [0.29, 0.717) is 22.4 Å². The van der Waals surface area contributed by atoms with Crippen LogP contribution >= 0.6 is 24.0 Å². The van der Waals surface area contributed by atoms with Crippen molar-refractivity contribution in [3.05, 3.63) is 22.9 Å². The highest BCUT2D eigenvalue weighted by Gasteiger charge is 2.30. The van der Waals surface area contributed by atoms with Gasteiger partial charge in [-0.2, -0.15) is 0 Å². The Hall–Kier alpha value is -1.01. The van der Waals surface area contributed by atoms with Crippen LogP contribution in [0.5, 0.6) is 0 Å². The molecule has 0 N–H and O–H groups in total. The number of ether oxygens (including phenoxy) is 1. The van der Waals surface area contributed by atoms with Crippen LogP contribution in [0.3, 0.4) is 0 Å². The van der Waals surface area contributed by atoms with Crippen molar-refractivity contribution in [2.75, 3.05) is 26.2 Å². The fourth-order valence-electron chi connectivity index (χ4n) is 1.86. The molecule has 2 aliphatic heterocycles. The summed E-state index contributed by atoms with van der Waals surface area (Å²) in [6, 6.07) is 0. The Labute approximate surface area is 117 Å². The average molecular weight is 284 g/mol. The van der Waals surface area contributed by atoms with Crippen molar-refractivity contribution < 1.29 is 9.53 Å². The van der Waals surface area contributed by atoms with Gasteiger partial charge in [0.05, 0.1) is 11.4 Å². The third-order valence-corrected chi connectivity index (χ3v) is 4.27. The molecule has 2 aliphatic rings. The number of carbonyl (C=O) groups excluding carboxylic acids is 1. The van der Waals surface area contributed by atoms with Crippen LogP contribution in [0.2, 0.25) is 0 Å². The first-order valence-corrected chi connectivity index (χ1v) is 7.23. The van der Waals surface area contributed by atoms with Gasteiger partial charge in [-0.3, -0.25) is 9.69 Å². The molecule has 0 radical (unpaired) electrons. The number of nitrogens with zero attached hydrogens (tertiary/aromatic N) is 2. The van der Waals surface area contributed by atoms with E-state index in [0.717, 1.165) is 19.0 Å². The molecule has 2 saturated heterocycles. The van der Waals surface area contributed by atoms with E-state index in [9.17, 15) is 4.79 Å². The predicted molar refractivity (Wildman–Crippen MR) is 76.9 cm³/mol. The molecule has 4 nitrogen and oxygen atoms in total. The molecule has 0 unspecified atom stereocenters. The molecule has 0 aliphatic carbocycles. The van der Waals surface area contributed by atoms with E-state index < -0.39 is 0 Å². The standard InChI is InChI=1S/C12H16N2O2S2/c1-3-13-7-8-16-10(13)6-5-9-11(15)14(4-2)12(17)18-9/h5-6H,3-4,7-8H2,1-2H3/b9-5-,10-6+. The van der Waals surface area contributed by atoms with Gasteiger partial charge in [-0.1, -0.05) is 24.0 Å². The number of thioether (sulfide) groups is 1. The summed E-state index contributed by atoms with van der Waals surface area (Å²) in [6.07, 6.45) is 3.66. The fourth-order valence-corrected chi connectivity index (χ4v) is 3.19. The molecule has 98 valence electrons. The van der Waals surface area contributed by atoms with Crippen LogP contribution in [-0.2, 0) is 9.53 Å². The van der Waals surface area contributed by atoms with Crippen LogP contribution in [0.15, 0.2) is 22.9 Å². The number of hydrogen-bond acceptors (Lipinski definition) is 5. The van der Waals surface area contributed by atoms with E-state index in [2.05, 4.69) is 11.8 Å². The first-order valence-electron chi connectivity index (χ1n) is 6.00. The molecule has 18 heavy (non-hydrogen) atoms. The van der Waals surface area contributed by atoms with Crippen molar-refractivity contribution >= 4 is 34.2 Å². The maximum absolute atomic E-state index is 12.0. The minimum Gasteiger partial charge on any atom is -0.477 e. The average Bonchev–Trinajstić information content (AvgIpc) is 2.91. The molecule has 2 heterocycles. The molecule has 0 spiro atoms. The lowest BCUT2D eigenvalue weighted by atomic mass is 10.4. The first kappa shape index (κ1) is 13.4. The molecular formula is C12H16N2O2S2. The van der Waals surface area contributed by atoms with Crippen molar-refractivity contribution in [1.29, 1.82) is 0 Å². The van der Waals surface area contributed by atoms with Crippen LogP contribution in [0.1, 0.15) is 13.8 Å². The zero-order valence-electron chi connectivity index (χ0n) is 10.5. The van der Waals surface area contributed by atoms with Gasteiger partial charge in [0.1, 0.15) is 10.9 Å². The van der Waals surface area contributed by atoms with Gasteiger partial charge in [-0.25, -0.2) is 0 Å². The molecule has 0 bridgehead atoms. The van der Waals surface area contributed by atoms with E-state index in [1.54, 1.807) is 11.0 Å². The highest BCUT2D eigenvalue weighted by atomic mass is 32.2. The lowest BCUT2D eigenvalue weighted by Crippen LogP contribution is -2.27. The van der Waals surface area contributed by atoms with E-state index in [-0.39, 0.29) is 5.91 Å². The number of rotatable bonds is 3. The zero-order chi connectivity index (χ0) is 13.1. The number of carbonyl (C=O) groups is 1. The van der Waals surface area contributed by atoms with Crippen LogP contribution in [0, 0.1) is 0 Å². The third kappa shape index (κ3) is 2.54. The summed E-state index contributed by atoms with van der Waals surface area (Å²) in [5.74, 6) is 0.824. The molecule has 2 rings (SSSR count). The van der Waals surface area contributed by atoms with Gasteiger partial charge in [-0.15, -0.1) is 0 Å². The van der Waals surface area contributed by atoms with Gasteiger partial charge in [0, 0.05) is 13.1 Å². The number of hydrogen-bond donors (Lipinski definition) is 0. The minimum atomic E-state index is -0.00889. The predicted octanol–water partition coefficient (Wildman–Crippen LogP) is 1.94. The fraction of sp³-hybridized carbons (Fsp3) is 0.500. The maximum Gasteiger partial charge on any atom is 0.266 e. The number of thiocarbonyl (C=S) groups is 1. The van der Waals surface area contributed by atoms with Crippen molar-refractivity contribution in [2.45, 2.75) is 13.8 Å². The van der Waals surface area contributed by atoms with Gasteiger partial charge >= 0.3 is 0 Å². The van der Waals surface area contributed by atoms with E-state index in [1.807, 2.05) is 13.0 Å². The summed E-state index contributed by atoms with van der Waals surface area (Å²) >= 11 is 6.50. The van der Waals surface area contributed by atoms with Crippen molar-refractivity contribution in [1.82, 2.24) is 9.80 Å². The molecule has 2 fully saturated rings. The second kappa shape index (κ2) is 5.75. The largest absolute Gasteiger partial charge is 0.477 e. The Kier molecular flexibility index (Phi) is 4.29. The van der Waals surface area contributed by atoms with E-state index in [1.165, 1.54) is 11.8 Å². The van der Waals surface area contributed by atoms with Crippen LogP contribution in [0.4, 0.5) is 0 Å². The number of allylic oxidation sites excluding steroid dienone is 2. The second-order valence-electron chi connectivity index (χ2n) is 3.88. The van der Waals surface area contributed by atoms with Gasteiger partial charge < -0.3 is 9.64 Å². The van der Waals surface area contributed by atoms with Gasteiger partial charge in [-0.05, 0) is 26.0 Å². The highest BCUT2D eigenvalue weighted by molar-refractivity contribution is 8.26. The Morgan fingerprint density at radius 1 is 1.39 bits per heavy atom. The molecule has 0 saturated carbocycles. The lowest BCUT2D eigenvalue weighted by Gasteiger charge is -2.13. The summed E-state index contributed by atoms with van der Waals surface area (Å²) in [7, 11) is 0. The van der Waals surface area contributed by atoms with Crippen LogP contribution in [-0.4, -0.2) is 46.3 Å². The van der Waals surface area contributed by atoms with Crippen LogP contribution < -0.4 is 0 Å². The van der Waals surface area contributed by atoms with Crippen LogP contribution in [0.25, 0.3) is 0 Å². The third-order valence-electron chi connectivity index (χ3n) is 2.87. The topological polar surface area (TPSA) is 32.8 Å². The maximum atomic E-state index is 12.0. The first-order chi connectivity index (χ1) is 8.67. The zero-order valence-corrected chi connectivity index (χ0v) is 12.1. The summed E-state index contributed by atoms with van der Waals surface area (Å²) in [5, 5.41) is 0. The summed E-state index contributed by atoms with van der Waals surface area (Å²) in [4.78, 5) is 16.4. The van der Waals surface area contributed by atoms with Crippen molar-refractivity contribution in [3.63, 3.8) is 0 Å². The Balaban J connectivity index is 2.13. The summed E-state index contributed by atoms with van der Waals surface area (Å²) in [6.45, 7) is 7.16. The van der Waals surface area contributed by atoms with Gasteiger partial charge in [0.25, 0.3) is 5.91 Å². The molecule has 0 aromatic carbocycles. The normalized spacial score (nSPS) is 24.6. The van der Waals surface area contributed by atoms with Gasteiger partial charge in [0.2, 0.25) is 0 Å². The smallest absolute Gasteiger partial charge is 0.266 e. The lowest BCUT2D eigenvalue weighted by molar-refractivity contribution is -0.122. The molecular weight excluding hydrogens is 268 g/mol. The molecule has 0 atom stereocenters. The Morgan fingerprint density at radius 2 is 2.17 bits per heavy atom. The van der Waals surface area contributed by atoms with Crippen molar-refractivity contribution in [2.24, 2.45) is 0 Å². The highest BCUT2D eigenvalue weighted by Crippen LogP contribution is 2.30. The number of likely N-dealkylation sites (N-methyl/N-ethyl adjacent to an activating group) is 2. The monoisotopic (exact) mass is 284 g/mol. The summed E-state index contributed by atoms with van der Waals surface area (Å²) in [5.41, 5.74) is 0. The Morgan fingerprint density at radius 3 is 2.78 bits per heavy atom. The molecule has 0 aromatic heterocycles. The van der Waals surface area contributed by atoms with E-state index in [4.69, 9.17) is 17.0 Å². The minimum absolute atomic E-state index is 0.00889. The number of amides is 1. The second-order valence-corrected chi connectivity index (χ2v) is 5.56. The van der Waals surface area contributed by atoms with E-state index >= 15 is 0 Å². The SMILES string of the molecule is CCN1C(=O)/C(=C/C=C2/OCCN2CC)SC1=S. The summed E-state index contributed by atoms with van der Waals surface area (Å²) < 4.78 is 6.14. The quantitative estimate of drug-likeness (QED) is 0.584. The van der Waals surface area contributed by atoms with Crippen molar-refractivity contribution in [3.8, 4) is 0 Å². The molecule has 6 heteroatoms. The van der Waals surface area contributed by atoms with Gasteiger partial charge in [0.15, 0.2) is 5.88 Å². The molecule has 0 aromatic rings. The Bertz CT molecular complexity index is 432. The molecule has 1 amide bonds.